The molecule has 0 aromatic heterocycles. The molecule has 0 amide bonds. The number of rotatable bonds is 4. The summed E-state index contributed by atoms with van der Waals surface area (Å²) in [7, 11) is 1.78. The van der Waals surface area contributed by atoms with Crippen LogP contribution in [-0.4, -0.2) is 24.4 Å². The number of aliphatic hydroxyl groups excluding tert-OH is 1. The molecule has 0 aromatic carbocycles. The number of aliphatic hydroxyl groups is 1. The lowest BCUT2D eigenvalue weighted by molar-refractivity contribution is 0.126. The smallest absolute Gasteiger partial charge is 0.0787 e. The zero-order valence-corrected chi connectivity index (χ0v) is 10.6. The molecule has 2 heteroatoms. The van der Waals surface area contributed by atoms with Crippen LogP contribution in [0.4, 0.5) is 0 Å². The van der Waals surface area contributed by atoms with Crippen LogP contribution in [0.2, 0.25) is 0 Å². The Hall–Kier alpha value is -0.860. The third kappa shape index (κ3) is 3.55. The van der Waals surface area contributed by atoms with Gasteiger partial charge in [-0.3, -0.25) is 0 Å². The molecule has 2 nitrogen and oxygen atoms in total. The third-order valence-electron chi connectivity index (χ3n) is 3.68. The molecule has 94 valence electrons. The lowest BCUT2D eigenvalue weighted by atomic mass is 9.90. The SMILES string of the molecule is COC1C=C(CCC2=CC=CCC2O)CCC1. The van der Waals surface area contributed by atoms with Gasteiger partial charge in [0.05, 0.1) is 12.2 Å². The number of hydrogen-bond donors (Lipinski definition) is 1. The van der Waals surface area contributed by atoms with Gasteiger partial charge in [0.2, 0.25) is 0 Å². The highest BCUT2D eigenvalue weighted by Gasteiger charge is 2.15. The first-order valence-electron chi connectivity index (χ1n) is 6.55. The van der Waals surface area contributed by atoms with Crippen molar-refractivity contribution in [1.29, 1.82) is 0 Å². The average molecular weight is 234 g/mol. The minimum atomic E-state index is -0.262. The van der Waals surface area contributed by atoms with Crippen LogP contribution < -0.4 is 0 Å². The lowest BCUT2D eigenvalue weighted by Gasteiger charge is -2.21. The zero-order chi connectivity index (χ0) is 12.1. The first kappa shape index (κ1) is 12.6. The van der Waals surface area contributed by atoms with E-state index in [9.17, 15) is 5.11 Å². The topological polar surface area (TPSA) is 29.5 Å². The average Bonchev–Trinajstić information content (AvgIpc) is 2.38. The molecular weight excluding hydrogens is 212 g/mol. The quantitative estimate of drug-likeness (QED) is 0.757. The first-order chi connectivity index (χ1) is 8.29. The first-order valence-corrected chi connectivity index (χ1v) is 6.55. The second-order valence-corrected chi connectivity index (χ2v) is 4.91. The summed E-state index contributed by atoms with van der Waals surface area (Å²) in [4.78, 5) is 0. The van der Waals surface area contributed by atoms with E-state index in [0.29, 0.717) is 6.10 Å². The molecule has 2 aliphatic carbocycles. The van der Waals surface area contributed by atoms with Gasteiger partial charge in [0.1, 0.15) is 0 Å². The Morgan fingerprint density at radius 1 is 1.41 bits per heavy atom. The Morgan fingerprint density at radius 3 is 3.06 bits per heavy atom. The fraction of sp³-hybridized carbons (Fsp3) is 0.600. The van der Waals surface area contributed by atoms with E-state index in [2.05, 4.69) is 18.2 Å². The van der Waals surface area contributed by atoms with Crippen molar-refractivity contribution in [2.45, 2.75) is 50.7 Å². The molecular formula is C15H22O2. The summed E-state index contributed by atoms with van der Waals surface area (Å²) in [6, 6.07) is 0. The molecule has 0 aromatic rings. The van der Waals surface area contributed by atoms with Gasteiger partial charge in [-0.15, -0.1) is 0 Å². The number of ether oxygens (including phenoxy) is 1. The van der Waals surface area contributed by atoms with E-state index >= 15 is 0 Å². The highest BCUT2D eigenvalue weighted by Crippen LogP contribution is 2.26. The molecule has 1 N–H and O–H groups in total. The minimum Gasteiger partial charge on any atom is -0.388 e. The molecule has 17 heavy (non-hydrogen) atoms. The summed E-state index contributed by atoms with van der Waals surface area (Å²) >= 11 is 0. The van der Waals surface area contributed by atoms with Gasteiger partial charge < -0.3 is 9.84 Å². The standard InChI is InChI=1S/C15H22O2/c1-17-14-7-4-5-12(11-14)9-10-13-6-2-3-8-15(13)16/h2-3,6,11,14-16H,4-5,7-10H2,1H3. The maximum atomic E-state index is 9.83. The molecule has 0 radical (unpaired) electrons. The predicted molar refractivity (Wildman–Crippen MR) is 69.8 cm³/mol. The lowest BCUT2D eigenvalue weighted by Crippen LogP contribution is -2.14. The van der Waals surface area contributed by atoms with Crippen LogP contribution in [-0.2, 0) is 4.74 Å². The van der Waals surface area contributed by atoms with Crippen molar-refractivity contribution < 1.29 is 9.84 Å². The van der Waals surface area contributed by atoms with Crippen LogP contribution in [0.3, 0.4) is 0 Å². The van der Waals surface area contributed by atoms with E-state index in [1.165, 1.54) is 24.0 Å². The van der Waals surface area contributed by atoms with Gasteiger partial charge in [0, 0.05) is 7.11 Å². The minimum absolute atomic E-state index is 0.262. The summed E-state index contributed by atoms with van der Waals surface area (Å²) in [5, 5.41) is 9.83. The Bertz CT molecular complexity index is 339. The summed E-state index contributed by atoms with van der Waals surface area (Å²) in [6.45, 7) is 0. The second kappa shape index (κ2) is 6.18. The van der Waals surface area contributed by atoms with E-state index in [-0.39, 0.29) is 6.10 Å². The Kier molecular flexibility index (Phi) is 4.57. The van der Waals surface area contributed by atoms with E-state index in [4.69, 9.17) is 4.74 Å². The van der Waals surface area contributed by atoms with Crippen molar-refractivity contribution in [1.82, 2.24) is 0 Å². The van der Waals surface area contributed by atoms with E-state index in [1.807, 2.05) is 6.08 Å². The van der Waals surface area contributed by atoms with Crippen molar-refractivity contribution in [3.8, 4) is 0 Å². The van der Waals surface area contributed by atoms with Crippen molar-refractivity contribution in [2.24, 2.45) is 0 Å². The van der Waals surface area contributed by atoms with Gasteiger partial charge >= 0.3 is 0 Å². The van der Waals surface area contributed by atoms with Crippen molar-refractivity contribution in [2.75, 3.05) is 7.11 Å². The second-order valence-electron chi connectivity index (χ2n) is 4.91. The van der Waals surface area contributed by atoms with Crippen LogP contribution in [0.25, 0.3) is 0 Å². The molecule has 0 saturated carbocycles. The van der Waals surface area contributed by atoms with Crippen LogP contribution in [0, 0.1) is 0 Å². The van der Waals surface area contributed by atoms with Crippen LogP contribution in [0.5, 0.6) is 0 Å². The molecule has 0 saturated heterocycles. The highest BCUT2D eigenvalue weighted by atomic mass is 16.5. The van der Waals surface area contributed by atoms with Crippen LogP contribution in [0.15, 0.2) is 35.5 Å². The van der Waals surface area contributed by atoms with E-state index in [0.717, 1.165) is 25.7 Å². The van der Waals surface area contributed by atoms with Gasteiger partial charge in [-0.1, -0.05) is 29.9 Å². The van der Waals surface area contributed by atoms with Crippen molar-refractivity contribution >= 4 is 0 Å². The molecule has 2 aliphatic rings. The molecule has 2 rings (SSSR count). The van der Waals surface area contributed by atoms with Crippen molar-refractivity contribution in [3.63, 3.8) is 0 Å². The Balaban J connectivity index is 1.87. The van der Waals surface area contributed by atoms with Crippen molar-refractivity contribution in [3.05, 3.63) is 35.5 Å². The summed E-state index contributed by atoms with van der Waals surface area (Å²) in [6.07, 6.45) is 14.8. The largest absolute Gasteiger partial charge is 0.388 e. The maximum absolute atomic E-state index is 9.83. The monoisotopic (exact) mass is 234 g/mol. The van der Waals surface area contributed by atoms with E-state index in [1.54, 1.807) is 7.11 Å². The molecule has 0 spiro atoms. The molecule has 0 fully saturated rings. The maximum Gasteiger partial charge on any atom is 0.0787 e. The molecule has 2 unspecified atom stereocenters. The predicted octanol–water partition coefficient (Wildman–Crippen LogP) is 3.14. The normalized spacial score (nSPS) is 28.8. The fourth-order valence-corrected chi connectivity index (χ4v) is 2.57. The number of allylic oxidation sites excluding steroid dienone is 3. The zero-order valence-electron chi connectivity index (χ0n) is 10.6. The van der Waals surface area contributed by atoms with Gasteiger partial charge in [0.15, 0.2) is 0 Å². The Labute approximate surface area is 104 Å². The summed E-state index contributed by atoms with van der Waals surface area (Å²) < 4.78 is 5.38. The highest BCUT2D eigenvalue weighted by molar-refractivity contribution is 5.23. The Morgan fingerprint density at radius 2 is 2.29 bits per heavy atom. The van der Waals surface area contributed by atoms with Crippen LogP contribution >= 0.6 is 0 Å². The summed E-state index contributed by atoms with van der Waals surface area (Å²) in [5.41, 5.74) is 2.67. The molecule has 0 heterocycles. The van der Waals surface area contributed by atoms with Gasteiger partial charge in [-0.05, 0) is 44.1 Å². The number of hydrogen-bond acceptors (Lipinski definition) is 2. The molecule has 0 bridgehead atoms. The molecule has 0 aliphatic heterocycles. The summed E-state index contributed by atoms with van der Waals surface area (Å²) in [5.74, 6) is 0. The van der Waals surface area contributed by atoms with Gasteiger partial charge in [-0.2, -0.15) is 0 Å². The molecule has 2 atom stereocenters. The van der Waals surface area contributed by atoms with Gasteiger partial charge in [-0.25, -0.2) is 0 Å². The number of methoxy groups -OCH3 is 1. The van der Waals surface area contributed by atoms with E-state index < -0.39 is 0 Å². The third-order valence-corrected chi connectivity index (χ3v) is 3.68. The fourth-order valence-electron chi connectivity index (χ4n) is 2.57. The van der Waals surface area contributed by atoms with Gasteiger partial charge in [0.25, 0.3) is 0 Å². The van der Waals surface area contributed by atoms with Crippen LogP contribution in [0.1, 0.15) is 38.5 Å².